The molecule has 0 spiro atoms. The van der Waals surface area contributed by atoms with E-state index in [0.29, 0.717) is 13.2 Å². The first-order chi connectivity index (χ1) is 9.57. The van der Waals surface area contributed by atoms with Gasteiger partial charge in [-0.25, -0.2) is 0 Å². The van der Waals surface area contributed by atoms with Gasteiger partial charge in [0.25, 0.3) is 0 Å². The summed E-state index contributed by atoms with van der Waals surface area (Å²) >= 11 is 0. The molecule has 0 heterocycles. The number of hydrogen-bond acceptors (Lipinski definition) is 3. The van der Waals surface area contributed by atoms with E-state index < -0.39 is 6.10 Å². The third-order valence-corrected chi connectivity index (χ3v) is 3.25. The molecular weight excluding hydrogens is 262 g/mol. The first-order valence-corrected chi connectivity index (χ1v) is 7.70. The lowest BCUT2D eigenvalue weighted by atomic mass is 9.82. The van der Waals surface area contributed by atoms with Crippen LogP contribution in [0.3, 0.4) is 0 Å². The van der Waals surface area contributed by atoms with Gasteiger partial charge in [0, 0.05) is 12.1 Å². The van der Waals surface area contributed by atoms with Gasteiger partial charge in [0.05, 0.1) is 0 Å². The maximum Gasteiger partial charge on any atom is 0.119 e. The second-order valence-corrected chi connectivity index (χ2v) is 7.78. The number of rotatable bonds is 7. The van der Waals surface area contributed by atoms with Crippen molar-refractivity contribution in [2.45, 2.75) is 59.6 Å². The van der Waals surface area contributed by atoms with Crippen molar-refractivity contribution in [3.8, 4) is 5.75 Å². The van der Waals surface area contributed by atoms with Crippen molar-refractivity contribution in [3.05, 3.63) is 29.8 Å². The molecule has 2 N–H and O–H groups in total. The molecule has 3 nitrogen and oxygen atoms in total. The quantitative estimate of drug-likeness (QED) is 0.808. The molecule has 21 heavy (non-hydrogen) atoms. The van der Waals surface area contributed by atoms with Gasteiger partial charge in [-0.2, -0.15) is 0 Å². The van der Waals surface area contributed by atoms with Crippen LogP contribution in [0.5, 0.6) is 5.75 Å². The second-order valence-electron chi connectivity index (χ2n) is 7.78. The topological polar surface area (TPSA) is 41.5 Å². The van der Waals surface area contributed by atoms with Crippen molar-refractivity contribution in [1.29, 1.82) is 0 Å². The van der Waals surface area contributed by atoms with Crippen LogP contribution in [0.2, 0.25) is 0 Å². The Morgan fingerprint density at radius 1 is 1.10 bits per heavy atom. The SMILES string of the molecule is Cc1ccc(OC[C@H](O)CNC(C)(C)CC(C)(C)C)cc1. The van der Waals surface area contributed by atoms with E-state index in [1.165, 1.54) is 5.56 Å². The summed E-state index contributed by atoms with van der Waals surface area (Å²) in [4.78, 5) is 0. The average Bonchev–Trinajstić information content (AvgIpc) is 2.33. The molecule has 0 aromatic heterocycles. The van der Waals surface area contributed by atoms with Gasteiger partial charge in [-0.1, -0.05) is 38.5 Å². The summed E-state index contributed by atoms with van der Waals surface area (Å²) in [5.41, 5.74) is 1.47. The summed E-state index contributed by atoms with van der Waals surface area (Å²) in [7, 11) is 0. The van der Waals surface area contributed by atoms with Gasteiger partial charge < -0.3 is 15.2 Å². The van der Waals surface area contributed by atoms with Gasteiger partial charge in [-0.3, -0.25) is 0 Å². The van der Waals surface area contributed by atoms with Crippen molar-refractivity contribution in [2.75, 3.05) is 13.2 Å². The maximum absolute atomic E-state index is 10.0. The van der Waals surface area contributed by atoms with Crippen molar-refractivity contribution in [2.24, 2.45) is 5.41 Å². The van der Waals surface area contributed by atoms with Crippen LogP contribution in [0.15, 0.2) is 24.3 Å². The zero-order chi connectivity index (χ0) is 16.1. The lowest BCUT2D eigenvalue weighted by Crippen LogP contribution is -2.46. The monoisotopic (exact) mass is 293 g/mol. The van der Waals surface area contributed by atoms with E-state index in [4.69, 9.17) is 4.74 Å². The van der Waals surface area contributed by atoms with Crippen molar-refractivity contribution in [1.82, 2.24) is 5.32 Å². The van der Waals surface area contributed by atoms with E-state index in [-0.39, 0.29) is 11.0 Å². The van der Waals surface area contributed by atoms with Crippen molar-refractivity contribution >= 4 is 0 Å². The summed E-state index contributed by atoms with van der Waals surface area (Å²) in [6.45, 7) is 13.9. The van der Waals surface area contributed by atoms with Gasteiger partial charge in [0.15, 0.2) is 0 Å². The van der Waals surface area contributed by atoms with Crippen LogP contribution in [-0.4, -0.2) is 29.9 Å². The Labute approximate surface area is 129 Å². The lowest BCUT2D eigenvalue weighted by molar-refractivity contribution is 0.0944. The number of aryl methyl sites for hydroxylation is 1. The summed E-state index contributed by atoms with van der Waals surface area (Å²) in [5.74, 6) is 0.800. The molecule has 1 aromatic carbocycles. The lowest BCUT2D eigenvalue weighted by Gasteiger charge is -2.34. The molecule has 0 amide bonds. The number of hydrogen-bond donors (Lipinski definition) is 2. The summed E-state index contributed by atoms with van der Waals surface area (Å²) in [5, 5.41) is 13.5. The zero-order valence-corrected chi connectivity index (χ0v) is 14.4. The molecule has 1 atom stereocenters. The number of benzene rings is 1. The minimum Gasteiger partial charge on any atom is -0.491 e. The number of nitrogens with one attached hydrogen (secondary N) is 1. The van der Waals surface area contributed by atoms with E-state index in [1.807, 2.05) is 31.2 Å². The smallest absolute Gasteiger partial charge is 0.119 e. The van der Waals surface area contributed by atoms with E-state index in [0.717, 1.165) is 12.2 Å². The highest BCUT2D eigenvalue weighted by Crippen LogP contribution is 2.26. The number of ether oxygens (including phenoxy) is 1. The first kappa shape index (κ1) is 18.0. The van der Waals surface area contributed by atoms with Crippen LogP contribution in [0.4, 0.5) is 0 Å². The Morgan fingerprint density at radius 2 is 1.67 bits per heavy atom. The van der Waals surface area contributed by atoms with Crippen LogP contribution in [0, 0.1) is 12.3 Å². The Hall–Kier alpha value is -1.06. The molecule has 0 radical (unpaired) electrons. The average molecular weight is 293 g/mol. The van der Waals surface area contributed by atoms with E-state index in [9.17, 15) is 5.11 Å². The Balaban J connectivity index is 2.33. The molecule has 0 saturated carbocycles. The van der Waals surface area contributed by atoms with Crippen LogP contribution in [-0.2, 0) is 0 Å². The summed E-state index contributed by atoms with van der Waals surface area (Å²) in [6, 6.07) is 7.87. The molecule has 3 heteroatoms. The molecule has 0 saturated heterocycles. The highest BCUT2D eigenvalue weighted by atomic mass is 16.5. The van der Waals surface area contributed by atoms with E-state index in [1.54, 1.807) is 0 Å². The fourth-order valence-electron chi connectivity index (χ4n) is 2.67. The molecule has 1 rings (SSSR count). The fraction of sp³-hybridized carbons (Fsp3) is 0.667. The van der Waals surface area contributed by atoms with Crippen molar-refractivity contribution in [3.63, 3.8) is 0 Å². The molecule has 1 aromatic rings. The molecule has 0 bridgehead atoms. The third kappa shape index (κ3) is 8.08. The molecule has 0 aliphatic heterocycles. The number of β-amino-alcohol motifs (C(OH)–C–C–N with tert-alkyl or cyclic N) is 1. The standard InChI is InChI=1S/C18H31NO2/c1-14-7-9-16(10-8-14)21-12-15(20)11-19-18(5,6)13-17(2,3)4/h7-10,15,19-20H,11-13H2,1-6H3/t15-/m1/s1. The van der Waals surface area contributed by atoms with Gasteiger partial charge in [0.2, 0.25) is 0 Å². The fourth-order valence-corrected chi connectivity index (χ4v) is 2.67. The number of aliphatic hydroxyl groups excluding tert-OH is 1. The van der Waals surface area contributed by atoms with Crippen LogP contribution >= 0.6 is 0 Å². The molecule has 0 aliphatic carbocycles. The summed E-state index contributed by atoms with van der Waals surface area (Å²) in [6.07, 6.45) is 0.538. The Morgan fingerprint density at radius 3 is 2.19 bits per heavy atom. The number of aliphatic hydroxyl groups is 1. The molecule has 0 unspecified atom stereocenters. The van der Waals surface area contributed by atoms with Gasteiger partial charge in [-0.05, 0) is 44.7 Å². The van der Waals surface area contributed by atoms with Crippen LogP contribution in [0.1, 0.15) is 46.6 Å². The highest BCUT2D eigenvalue weighted by Gasteiger charge is 2.25. The minimum absolute atomic E-state index is 0.00306. The van der Waals surface area contributed by atoms with Crippen LogP contribution in [0.25, 0.3) is 0 Å². The molecule has 0 aliphatic rings. The molecule has 0 fully saturated rings. The molecular formula is C18H31NO2. The minimum atomic E-state index is -0.509. The molecule has 120 valence electrons. The second kappa shape index (κ2) is 7.28. The van der Waals surface area contributed by atoms with E-state index >= 15 is 0 Å². The van der Waals surface area contributed by atoms with Crippen molar-refractivity contribution < 1.29 is 9.84 Å². The largest absolute Gasteiger partial charge is 0.491 e. The predicted molar refractivity (Wildman–Crippen MR) is 88.8 cm³/mol. The predicted octanol–water partition coefficient (Wildman–Crippen LogP) is 3.54. The third-order valence-electron chi connectivity index (χ3n) is 3.25. The van der Waals surface area contributed by atoms with E-state index in [2.05, 4.69) is 39.9 Å². The van der Waals surface area contributed by atoms with Crippen LogP contribution < -0.4 is 10.1 Å². The Bertz CT molecular complexity index is 418. The highest BCUT2D eigenvalue weighted by molar-refractivity contribution is 5.26. The summed E-state index contributed by atoms with van der Waals surface area (Å²) < 4.78 is 5.60. The first-order valence-electron chi connectivity index (χ1n) is 7.70. The van der Waals surface area contributed by atoms with Gasteiger partial charge >= 0.3 is 0 Å². The normalized spacial score (nSPS) is 14.0. The maximum atomic E-state index is 10.0. The van der Waals surface area contributed by atoms with Gasteiger partial charge in [-0.15, -0.1) is 0 Å². The zero-order valence-electron chi connectivity index (χ0n) is 14.4. The van der Waals surface area contributed by atoms with Gasteiger partial charge in [0.1, 0.15) is 18.5 Å². The Kier molecular flexibility index (Phi) is 6.24.